The van der Waals surface area contributed by atoms with Crippen LogP contribution in [0.1, 0.15) is 39.2 Å². The van der Waals surface area contributed by atoms with Crippen molar-refractivity contribution in [3.05, 3.63) is 71.8 Å². The van der Waals surface area contributed by atoms with Gasteiger partial charge in [-0.15, -0.1) is 0 Å². The second kappa shape index (κ2) is 8.34. The van der Waals surface area contributed by atoms with Crippen LogP contribution >= 0.6 is 0 Å². The number of amidine groups is 1. The van der Waals surface area contributed by atoms with Gasteiger partial charge in [0.15, 0.2) is 0 Å². The van der Waals surface area contributed by atoms with Gasteiger partial charge in [-0.1, -0.05) is 73.2 Å². The van der Waals surface area contributed by atoms with Crippen molar-refractivity contribution in [2.24, 2.45) is 16.8 Å². The molecule has 2 aromatic rings. The van der Waals surface area contributed by atoms with Crippen LogP contribution in [0.2, 0.25) is 0 Å². The van der Waals surface area contributed by atoms with E-state index in [0.717, 1.165) is 32.4 Å². The Labute approximate surface area is 169 Å². The van der Waals surface area contributed by atoms with Crippen molar-refractivity contribution in [2.45, 2.75) is 46.1 Å². The molecular formula is C26H32N2. The fraction of sp³-hybridized carbons (Fsp3) is 0.423. The molecule has 28 heavy (non-hydrogen) atoms. The molecule has 4 rings (SSSR count). The number of rotatable bonds is 5. The topological polar surface area (TPSA) is 15.6 Å². The summed E-state index contributed by atoms with van der Waals surface area (Å²) in [5.74, 6) is 2.36. The number of hydrogen-bond acceptors (Lipinski definition) is 2. The van der Waals surface area contributed by atoms with Crippen molar-refractivity contribution in [1.82, 2.24) is 4.90 Å². The minimum Gasteiger partial charge on any atom is -0.356 e. The predicted molar refractivity (Wildman–Crippen MR) is 121 cm³/mol. The number of aliphatic imine (C=N–C) groups is 1. The van der Waals surface area contributed by atoms with Gasteiger partial charge in [-0.05, 0) is 55.4 Å². The lowest BCUT2D eigenvalue weighted by Gasteiger charge is -2.34. The fourth-order valence-corrected chi connectivity index (χ4v) is 4.82. The molecule has 2 aliphatic rings. The largest absolute Gasteiger partial charge is 0.356 e. The van der Waals surface area contributed by atoms with E-state index in [9.17, 15) is 0 Å². The third-order valence-corrected chi connectivity index (χ3v) is 6.30. The van der Waals surface area contributed by atoms with Gasteiger partial charge in [0.1, 0.15) is 5.84 Å². The van der Waals surface area contributed by atoms with Gasteiger partial charge >= 0.3 is 0 Å². The Bertz CT molecular complexity index is 914. The second-order valence-corrected chi connectivity index (χ2v) is 8.53. The summed E-state index contributed by atoms with van der Waals surface area (Å²) in [6, 6.07) is 16.0. The van der Waals surface area contributed by atoms with Crippen molar-refractivity contribution >= 4 is 16.6 Å². The monoisotopic (exact) mass is 372 g/mol. The Morgan fingerprint density at radius 1 is 1.07 bits per heavy atom. The number of benzene rings is 2. The van der Waals surface area contributed by atoms with Gasteiger partial charge in [0.25, 0.3) is 0 Å². The maximum Gasteiger partial charge on any atom is 0.107 e. The van der Waals surface area contributed by atoms with Crippen LogP contribution in [-0.2, 0) is 6.42 Å². The van der Waals surface area contributed by atoms with E-state index >= 15 is 0 Å². The molecule has 2 atom stereocenters. The average molecular weight is 373 g/mol. The molecule has 146 valence electrons. The number of aryl methyl sites for hydroxylation is 1. The van der Waals surface area contributed by atoms with Crippen LogP contribution in [0.3, 0.4) is 0 Å². The molecule has 2 unspecified atom stereocenters. The molecule has 0 saturated carbocycles. The van der Waals surface area contributed by atoms with E-state index in [1.165, 1.54) is 22.2 Å². The highest BCUT2D eigenvalue weighted by molar-refractivity contribution is 5.89. The number of allylic oxidation sites excluding steroid dienone is 3. The van der Waals surface area contributed by atoms with Gasteiger partial charge in [0.05, 0.1) is 6.54 Å². The highest BCUT2D eigenvalue weighted by atomic mass is 15.3. The molecule has 2 nitrogen and oxygen atoms in total. The number of hydrogen-bond donors (Lipinski definition) is 0. The first-order valence-electron chi connectivity index (χ1n) is 10.8. The van der Waals surface area contributed by atoms with Crippen LogP contribution in [0.25, 0.3) is 10.8 Å². The Morgan fingerprint density at radius 3 is 2.75 bits per heavy atom. The lowest BCUT2D eigenvalue weighted by Crippen LogP contribution is -2.41. The van der Waals surface area contributed by atoms with Gasteiger partial charge in [-0.2, -0.15) is 0 Å². The highest BCUT2D eigenvalue weighted by Crippen LogP contribution is 2.34. The molecule has 0 amide bonds. The van der Waals surface area contributed by atoms with Crippen molar-refractivity contribution in [3.8, 4) is 0 Å². The molecule has 0 bridgehead atoms. The molecule has 0 saturated heterocycles. The van der Waals surface area contributed by atoms with Crippen molar-refractivity contribution < 1.29 is 0 Å². The summed E-state index contributed by atoms with van der Waals surface area (Å²) in [4.78, 5) is 7.51. The lowest BCUT2D eigenvalue weighted by atomic mass is 9.81. The molecule has 1 heterocycles. The quantitative estimate of drug-likeness (QED) is 0.625. The first kappa shape index (κ1) is 19.0. The molecule has 0 spiro atoms. The van der Waals surface area contributed by atoms with Crippen molar-refractivity contribution in [1.29, 1.82) is 0 Å². The third kappa shape index (κ3) is 3.78. The standard InChI is InChI=1S/C26H32N2/c1-19(2)28-18-17-27-26(28)25-20(3)9-4-5-11-23(25)16-15-22-13-8-12-21-10-6-7-14-24(21)22/h4-8,10-14,19-20,25H,9,15-18H2,1-3H3. The zero-order valence-electron chi connectivity index (χ0n) is 17.4. The minimum atomic E-state index is 0.440. The Morgan fingerprint density at radius 2 is 1.89 bits per heavy atom. The average Bonchev–Trinajstić information content (AvgIpc) is 3.11. The minimum absolute atomic E-state index is 0.440. The summed E-state index contributed by atoms with van der Waals surface area (Å²) in [7, 11) is 0. The van der Waals surface area contributed by atoms with Crippen LogP contribution in [0.15, 0.2) is 71.3 Å². The van der Waals surface area contributed by atoms with E-state index in [1.54, 1.807) is 5.57 Å². The van der Waals surface area contributed by atoms with Crippen LogP contribution in [0.4, 0.5) is 0 Å². The smallest absolute Gasteiger partial charge is 0.107 e. The van der Waals surface area contributed by atoms with Gasteiger partial charge < -0.3 is 4.90 Å². The van der Waals surface area contributed by atoms with Crippen molar-refractivity contribution in [3.63, 3.8) is 0 Å². The summed E-state index contributed by atoms with van der Waals surface area (Å²) in [5.41, 5.74) is 2.99. The normalized spacial score (nSPS) is 22.5. The molecular weight excluding hydrogens is 340 g/mol. The van der Waals surface area contributed by atoms with E-state index in [-0.39, 0.29) is 0 Å². The van der Waals surface area contributed by atoms with Gasteiger partial charge in [-0.25, -0.2) is 0 Å². The molecule has 1 aliphatic heterocycles. The van der Waals surface area contributed by atoms with E-state index in [1.807, 2.05) is 0 Å². The van der Waals surface area contributed by atoms with E-state index in [0.29, 0.717) is 17.9 Å². The van der Waals surface area contributed by atoms with E-state index < -0.39 is 0 Å². The maximum atomic E-state index is 4.98. The first-order chi connectivity index (χ1) is 13.6. The van der Waals surface area contributed by atoms with Gasteiger partial charge in [-0.3, -0.25) is 4.99 Å². The Hall–Kier alpha value is -2.35. The van der Waals surface area contributed by atoms with Crippen LogP contribution in [0.5, 0.6) is 0 Å². The maximum absolute atomic E-state index is 4.98. The van der Waals surface area contributed by atoms with E-state index in [4.69, 9.17) is 4.99 Å². The predicted octanol–water partition coefficient (Wildman–Crippen LogP) is 6.03. The summed E-state index contributed by atoms with van der Waals surface area (Å²) in [5, 5.41) is 2.73. The van der Waals surface area contributed by atoms with Crippen LogP contribution < -0.4 is 0 Å². The molecule has 0 N–H and O–H groups in total. The molecule has 0 radical (unpaired) electrons. The first-order valence-corrected chi connectivity index (χ1v) is 10.8. The van der Waals surface area contributed by atoms with Crippen molar-refractivity contribution in [2.75, 3.05) is 13.1 Å². The zero-order chi connectivity index (χ0) is 19.5. The van der Waals surface area contributed by atoms with Crippen LogP contribution in [-0.4, -0.2) is 29.9 Å². The Kier molecular flexibility index (Phi) is 5.66. The van der Waals surface area contributed by atoms with E-state index in [2.05, 4.69) is 86.4 Å². The molecule has 2 aromatic carbocycles. The highest BCUT2D eigenvalue weighted by Gasteiger charge is 2.33. The summed E-state index contributed by atoms with van der Waals surface area (Å²) in [6.45, 7) is 8.99. The summed E-state index contributed by atoms with van der Waals surface area (Å²) in [6.07, 6.45) is 10.3. The molecule has 1 aliphatic carbocycles. The number of nitrogens with zero attached hydrogens (tertiary/aromatic N) is 2. The van der Waals surface area contributed by atoms with Crippen LogP contribution in [0, 0.1) is 11.8 Å². The summed E-state index contributed by atoms with van der Waals surface area (Å²) < 4.78 is 0. The Balaban J connectivity index is 1.60. The SMILES string of the molecule is CC1CC=CC=C(CCc2cccc3ccccc23)C1C1=NCCN1C(C)C. The fourth-order valence-electron chi connectivity index (χ4n) is 4.82. The molecule has 0 fully saturated rings. The number of fused-ring (bicyclic) bond motifs is 1. The third-order valence-electron chi connectivity index (χ3n) is 6.30. The molecule has 0 aromatic heterocycles. The lowest BCUT2D eigenvalue weighted by molar-refractivity contribution is 0.348. The summed E-state index contributed by atoms with van der Waals surface area (Å²) >= 11 is 0. The molecule has 2 heteroatoms. The zero-order valence-corrected chi connectivity index (χ0v) is 17.4. The van der Waals surface area contributed by atoms with Gasteiger partial charge in [0.2, 0.25) is 0 Å². The van der Waals surface area contributed by atoms with Gasteiger partial charge in [0, 0.05) is 18.5 Å². The second-order valence-electron chi connectivity index (χ2n) is 8.53.